The van der Waals surface area contributed by atoms with Crippen LogP contribution in [0.1, 0.15) is 60.3 Å². The van der Waals surface area contributed by atoms with Crippen LogP contribution in [-0.4, -0.2) is 51.9 Å². The molecule has 4 N–H and O–H groups in total. The first-order valence-corrected chi connectivity index (χ1v) is 15.1. The Labute approximate surface area is 265 Å². The lowest BCUT2D eigenvalue weighted by atomic mass is 9.80. The minimum absolute atomic E-state index is 0.221. The van der Waals surface area contributed by atoms with Crippen molar-refractivity contribution in [1.82, 2.24) is 20.1 Å². The first-order chi connectivity index (χ1) is 21.9. The monoisotopic (exact) mass is 655 g/mol. The molecular formula is C32H29ClF3N5O5. The number of rotatable bonds is 9. The summed E-state index contributed by atoms with van der Waals surface area (Å²) in [6, 6.07) is 5.00. The zero-order chi connectivity index (χ0) is 32.7. The van der Waals surface area contributed by atoms with Gasteiger partial charge in [0.25, 0.3) is 5.91 Å². The third kappa shape index (κ3) is 4.75. The Bertz CT molecular complexity index is 1960. The van der Waals surface area contributed by atoms with Gasteiger partial charge in [-0.3, -0.25) is 14.3 Å². The molecule has 0 bridgehead atoms. The third-order valence-electron chi connectivity index (χ3n) is 9.13. The maximum atomic E-state index is 16.6. The molecule has 2 amide bonds. The first kappa shape index (κ1) is 30.3. The summed E-state index contributed by atoms with van der Waals surface area (Å²) in [5.74, 6) is -5.13. The normalized spacial score (nSPS) is 20.2. The second-order valence-corrected chi connectivity index (χ2v) is 12.8. The molecule has 2 atom stereocenters. The second-order valence-electron chi connectivity index (χ2n) is 12.4. The Hall–Kier alpha value is -4.36. The van der Waals surface area contributed by atoms with Crippen LogP contribution >= 0.6 is 11.6 Å². The smallest absolute Gasteiger partial charge is 0.251 e. The van der Waals surface area contributed by atoms with Crippen molar-refractivity contribution < 1.29 is 37.3 Å². The lowest BCUT2D eigenvalue weighted by molar-refractivity contribution is -0.123. The molecular weight excluding hydrogens is 627 g/mol. The number of fused-ring (bicyclic) bond motifs is 2. The Kier molecular flexibility index (Phi) is 6.98. The number of nitrogens with two attached hydrogens (primary N) is 1. The van der Waals surface area contributed by atoms with Crippen molar-refractivity contribution in [3.05, 3.63) is 69.8 Å². The highest BCUT2D eigenvalue weighted by Gasteiger charge is 2.53. The minimum Gasteiger partial charge on any atom is -0.494 e. The molecule has 3 heterocycles. The standard InChI is InChI=1S/C32H29ClF3N5O5/c1-31(30(37)43)13-46-27-23(31)24(36)28(39-26(27)18-9-19(33)21(35)10-20(18)34)32(44,16-3-4-16)12-38-29(42)14-7-15-11-41(17-5-6-17)40-25(15)22(8-14)45-2/h7-11,16-17,44H,3-6,12-13H2,1-2H3,(H2,37,43)(H,38,42)/t31-,32+/m0/s1. The van der Waals surface area contributed by atoms with Crippen molar-refractivity contribution in [3.8, 4) is 22.8 Å². The van der Waals surface area contributed by atoms with Gasteiger partial charge in [-0.05, 0) is 56.7 Å². The maximum Gasteiger partial charge on any atom is 0.251 e. The van der Waals surface area contributed by atoms with Crippen LogP contribution in [0.2, 0.25) is 5.02 Å². The number of nitrogens with one attached hydrogen (secondary N) is 1. The number of benzene rings is 2. The second kappa shape index (κ2) is 10.6. The number of pyridine rings is 1. The van der Waals surface area contributed by atoms with E-state index in [4.69, 9.17) is 26.8 Å². The number of nitrogens with zero attached hydrogens (tertiary/aromatic N) is 3. The van der Waals surface area contributed by atoms with Crippen molar-refractivity contribution in [3.63, 3.8) is 0 Å². The van der Waals surface area contributed by atoms with Crippen LogP contribution in [0.5, 0.6) is 11.5 Å². The van der Waals surface area contributed by atoms with Crippen molar-refractivity contribution in [2.45, 2.75) is 49.7 Å². The number of carbonyl (C=O) groups is 2. The quantitative estimate of drug-likeness (QED) is 0.223. The van der Waals surface area contributed by atoms with Gasteiger partial charge in [0, 0.05) is 28.8 Å². The molecule has 2 saturated carbocycles. The Balaban J connectivity index is 1.30. The number of primary amides is 1. The lowest BCUT2D eigenvalue weighted by Crippen LogP contribution is -2.45. The average Bonchev–Trinajstić information content (AvgIpc) is 3.97. The van der Waals surface area contributed by atoms with E-state index >= 15 is 8.78 Å². The third-order valence-corrected chi connectivity index (χ3v) is 9.42. The number of aromatic nitrogens is 3. The minimum atomic E-state index is -2.10. The van der Waals surface area contributed by atoms with E-state index in [0.717, 1.165) is 18.9 Å². The van der Waals surface area contributed by atoms with Gasteiger partial charge < -0.3 is 25.6 Å². The summed E-state index contributed by atoms with van der Waals surface area (Å²) in [5.41, 5.74) is 1.17. The molecule has 0 unspecified atom stereocenters. The van der Waals surface area contributed by atoms with Crippen LogP contribution in [-0.2, 0) is 15.8 Å². The van der Waals surface area contributed by atoms with Crippen LogP contribution < -0.4 is 20.5 Å². The van der Waals surface area contributed by atoms with E-state index < -0.39 is 63.5 Å². The van der Waals surface area contributed by atoms with E-state index in [9.17, 15) is 19.1 Å². The van der Waals surface area contributed by atoms with Gasteiger partial charge in [-0.25, -0.2) is 18.2 Å². The van der Waals surface area contributed by atoms with Crippen molar-refractivity contribution >= 4 is 34.3 Å². The number of ether oxygens (including phenoxy) is 2. The largest absolute Gasteiger partial charge is 0.494 e. The molecule has 240 valence electrons. The summed E-state index contributed by atoms with van der Waals surface area (Å²) in [6.45, 7) is 0.489. The Morgan fingerprint density at radius 2 is 1.93 bits per heavy atom. The highest BCUT2D eigenvalue weighted by atomic mass is 35.5. The highest BCUT2D eigenvalue weighted by molar-refractivity contribution is 6.31. The topological polar surface area (TPSA) is 142 Å². The zero-order valence-electron chi connectivity index (χ0n) is 24.8. The average molecular weight is 656 g/mol. The number of carbonyl (C=O) groups excluding carboxylic acids is 2. The molecule has 3 aliphatic rings. The van der Waals surface area contributed by atoms with Crippen LogP contribution in [0.25, 0.3) is 22.2 Å². The SMILES string of the molecule is COc1cc(C(=O)NC[C@](O)(c2nc(-c3cc(Cl)c(F)cc3F)c3c(c2F)[C@@](C)(C(N)=O)CO3)C2CC2)cc2cn(C3CC3)nc12. The van der Waals surface area contributed by atoms with E-state index in [1.807, 2.05) is 10.9 Å². The van der Waals surface area contributed by atoms with Crippen molar-refractivity contribution in [1.29, 1.82) is 0 Å². The molecule has 2 aliphatic carbocycles. The van der Waals surface area contributed by atoms with E-state index in [1.165, 1.54) is 20.1 Å². The predicted octanol–water partition coefficient (Wildman–Crippen LogP) is 4.68. The fourth-order valence-electron chi connectivity index (χ4n) is 6.07. The number of amides is 2. The molecule has 2 fully saturated rings. The molecule has 14 heteroatoms. The fraction of sp³-hybridized carbons (Fsp3) is 0.375. The van der Waals surface area contributed by atoms with Crippen LogP contribution in [0.15, 0.2) is 30.5 Å². The number of halogens is 4. The van der Waals surface area contributed by atoms with Crippen molar-refractivity contribution in [2.24, 2.45) is 11.7 Å². The summed E-state index contributed by atoms with van der Waals surface area (Å²) in [7, 11) is 1.47. The van der Waals surface area contributed by atoms with Crippen molar-refractivity contribution in [2.75, 3.05) is 20.3 Å². The Morgan fingerprint density at radius 3 is 2.59 bits per heavy atom. The summed E-state index contributed by atoms with van der Waals surface area (Å²) < 4.78 is 58.9. The summed E-state index contributed by atoms with van der Waals surface area (Å²) in [4.78, 5) is 30.4. The first-order valence-electron chi connectivity index (χ1n) is 14.7. The highest BCUT2D eigenvalue weighted by Crippen LogP contribution is 2.52. The predicted molar refractivity (Wildman–Crippen MR) is 160 cm³/mol. The molecule has 4 aromatic rings. The molecule has 46 heavy (non-hydrogen) atoms. The molecule has 0 saturated heterocycles. The molecule has 10 nitrogen and oxygen atoms in total. The van der Waals surface area contributed by atoms with Crippen LogP contribution in [0.3, 0.4) is 0 Å². The zero-order valence-corrected chi connectivity index (χ0v) is 25.6. The van der Waals surface area contributed by atoms with Gasteiger partial charge in [0.2, 0.25) is 5.91 Å². The maximum absolute atomic E-state index is 16.6. The number of aliphatic hydroxyl groups is 1. The van der Waals surface area contributed by atoms with Gasteiger partial charge in [0.1, 0.15) is 51.9 Å². The van der Waals surface area contributed by atoms with E-state index in [2.05, 4.69) is 15.4 Å². The number of methoxy groups -OCH3 is 1. The lowest BCUT2D eigenvalue weighted by Gasteiger charge is -2.30. The number of hydrogen-bond donors (Lipinski definition) is 3. The Morgan fingerprint density at radius 1 is 1.20 bits per heavy atom. The fourth-order valence-corrected chi connectivity index (χ4v) is 6.24. The van der Waals surface area contributed by atoms with Gasteiger partial charge in [0.15, 0.2) is 11.6 Å². The van der Waals surface area contributed by atoms with Gasteiger partial charge in [0.05, 0.1) is 30.3 Å². The van der Waals surface area contributed by atoms with E-state index in [1.54, 1.807) is 6.07 Å². The van der Waals surface area contributed by atoms with E-state index in [-0.39, 0.29) is 34.7 Å². The van der Waals surface area contributed by atoms with Gasteiger partial charge in [-0.2, -0.15) is 5.10 Å². The molecule has 2 aromatic carbocycles. The van der Waals surface area contributed by atoms with Gasteiger partial charge in [-0.1, -0.05) is 11.6 Å². The van der Waals surface area contributed by atoms with Crippen LogP contribution in [0, 0.1) is 23.4 Å². The molecule has 0 radical (unpaired) electrons. The summed E-state index contributed by atoms with van der Waals surface area (Å²) in [5, 5.41) is 19.7. The van der Waals surface area contributed by atoms with Gasteiger partial charge >= 0.3 is 0 Å². The molecule has 7 rings (SSSR count). The van der Waals surface area contributed by atoms with Crippen LogP contribution in [0.4, 0.5) is 13.2 Å². The molecule has 1 aliphatic heterocycles. The van der Waals surface area contributed by atoms with E-state index in [0.29, 0.717) is 41.6 Å². The summed E-state index contributed by atoms with van der Waals surface area (Å²) in [6.07, 6.45) is 4.82. The summed E-state index contributed by atoms with van der Waals surface area (Å²) >= 11 is 5.97. The number of hydrogen-bond acceptors (Lipinski definition) is 7. The molecule has 0 spiro atoms. The molecule has 2 aromatic heterocycles. The van der Waals surface area contributed by atoms with Gasteiger partial charge in [-0.15, -0.1) is 0 Å².